The van der Waals surface area contributed by atoms with Gasteiger partial charge >= 0.3 is 0 Å². The van der Waals surface area contributed by atoms with Gasteiger partial charge in [0.25, 0.3) is 0 Å². The van der Waals surface area contributed by atoms with Crippen molar-refractivity contribution < 1.29 is 19.0 Å². The predicted octanol–water partition coefficient (Wildman–Crippen LogP) is 2.44. The van der Waals surface area contributed by atoms with Crippen molar-refractivity contribution in [2.75, 3.05) is 6.61 Å². The average molecular weight is 212 g/mol. The third kappa shape index (κ3) is 2.59. The molecular weight excluding hydrogens is 199 g/mol. The van der Waals surface area contributed by atoms with Crippen molar-refractivity contribution in [3.8, 4) is 11.5 Å². The van der Waals surface area contributed by atoms with E-state index in [-0.39, 0.29) is 17.8 Å². The quantitative estimate of drug-likeness (QED) is 0.818. The highest BCUT2D eigenvalue weighted by Gasteiger charge is 2.17. The normalized spacial score (nSPS) is 21.3. The summed E-state index contributed by atoms with van der Waals surface area (Å²) in [5, 5.41) is 9.02. The van der Waals surface area contributed by atoms with Gasteiger partial charge in [-0.15, -0.1) is 0 Å². The molecule has 0 amide bonds. The van der Waals surface area contributed by atoms with Gasteiger partial charge in [0, 0.05) is 12.5 Å². The van der Waals surface area contributed by atoms with Crippen molar-refractivity contribution in [1.29, 1.82) is 0 Å². The van der Waals surface area contributed by atoms with E-state index in [1.54, 1.807) is 0 Å². The van der Waals surface area contributed by atoms with Gasteiger partial charge in [0.1, 0.15) is 5.75 Å². The molecule has 0 saturated carbocycles. The van der Waals surface area contributed by atoms with E-state index < -0.39 is 5.82 Å². The molecule has 0 spiro atoms. The summed E-state index contributed by atoms with van der Waals surface area (Å²) in [6.45, 7) is 0.657. The van der Waals surface area contributed by atoms with Gasteiger partial charge in [0.05, 0.1) is 6.61 Å². The highest BCUT2D eigenvalue weighted by molar-refractivity contribution is 5.32. The van der Waals surface area contributed by atoms with Crippen LogP contribution in [0.1, 0.15) is 19.3 Å². The van der Waals surface area contributed by atoms with Crippen molar-refractivity contribution in [2.45, 2.75) is 25.6 Å². The molecule has 1 unspecified atom stereocenters. The lowest BCUT2D eigenvalue weighted by Gasteiger charge is -2.23. The van der Waals surface area contributed by atoms with Crippen LogP contribution in [0.15, 0.2) is 18.2 Å². The molecule has 3 nitrogen and oxygen atoms in total. The Morgan fingerprint density at radius 1 is 1.40 bits per heavy atom. The van der Waals surface area contributed by atoms with Crippen LogP contribution in [-0.4, -0.2) is 18.0 Å². The predicted molar refractivity (Wildman–Crippen MR) is 52.3 cm³/mol. The molecule has 0 bridgehead atoms. The fourth-order valence-corrected chi connectivity index (χ4v) is 1.53. The maximum atomic E-state index is 13.3. The minimum Gasteiger partial charge on any atom is -0.508 e. The van der Waals surface area contributed by atoms with Gasteiger partial charge in [-0.05, 0) is 25.0 Å². The summed E-state index contributed by atoms with van der Waals surface area (Å²) in [5.74, 6) is -0.548. The molecule has 15 heavy (non-hydrogen) atoms. The van der Waals surface area contributed by atoms with Crippen LogP contribution in [0.5, 0.6) is 11.5 Å². The van der Waals surface area contributed by atoms with E-state index in [2.05, 4.69) is 0 Å². The molecule has 0 radical (unpaired) electrons. The van der Waals surface area contributed by atoms with Crippen molar-refractivity contribution in [2.24, 2.45) is 0 Å². The molecule has 1 fully saturated rings. The van der Waals surface area contributed by atoms with Crippen molar-refractivity contribution >= 4 is 0 Å². The van der Waals surface area contributed by atoms with Crippen LogP contribution < -0.4 is 4.74 Å². The fraction of sp³-hybridized carbons (Fsp3) is 0.455. The van der Waals surface area contributed by atoms with E-state index in [9.17, 15) is 4.39 Å². The summed E-state index contributed by atoms with van der Waals surface area (Å²) in [6, 6.07) is 3.82. The Kier molecular flexibility index (Phi) is 3.06. The summed E-state index contributed by atoms with van der Waals surface area (Å²) in [7, 11) is 0. The maximum absolute atomic E-state index is 13.3. The molecular formula is C11H13FO3. The highest BCUT2D eigenvalue weighted by Crippen LogP contribution is 2.24. The maximum Gasteiger partial charge on any atom is 0.199 e. The van der Waals surface area contributed by atoms with Gasteiger partial charge in [0.2, 0.25) is 0 Å². The van der Waals surface area contributed by atoms with Gasteiger partial charge in [0.15, 0.2) is 17.9 Å². The molecule has 2 rings (SSSR count). The molecule has 1 N–H and O–H groups in total. The summed E-state index contributed by atoms with van der Waals surface area (Å²) < 4.78 is 23.9. The summed E-state index contributed by atoms with van der Waals surface area (Å²) in [4.78, 5) is 0. The molecule has 82 valence electrons. The molecule has 0 aromatic heterocycles. The Morgan fingerprint density at radius 3 is 2.93 bits per heavy atom. The fourth-order valence-electron chi connectivity index (χ4n) is 1.53. The SMILES string of the molecule is Oc1ccc(OC2CCCCO2)c(F)c1. The monoisotopic (exact) mass is 212 g/mol. The molecule has 1 aromatic carbocycles. The minimum absolute atomic E-state index is 0.107. The first-order chi connectivity index (χ1) is 7.25. The molecule has 0 aliphatic carbocycles. The van der Waals surface area contributed by atoms with E-state index in [4.69, 9.17) is 14.6 Å². The highest BCUT2D eigenvalue weighted by atomic mass is 19.1. The smallest absolute Gasteiger partial charge is 0.199 e. The molecule has 4 heteroatoms. The zero-order chi connectivity index (χ0) is 10.7. The Balaban J connectivity index is 2.03. The van der Waals surface area contributed by atoms with E-state index in [1.807, 2.05) is 0 Å². The van der Waals surface area contributed by atoms with Gasteiger partial charge in [-0.3, -0.25) is 0 Å². The van der Waals surface area contributed by atoms with Crippen LogP contribution in [0.2, 0.25) is 0 Å². The van der Waals surface area contributed by atoms with Gasteiger partial charge in [-0.1, -0.05) is 0 Å². The van der Waals surface area contributed by atoms with Gasteiger partial charge < -0.3 is 14.6 Å². The Morgan fingerprint density at radius 2 is 2.27 bits per heavy atom. The lowest BCUT2D eigenvalue weighted by Crippen LogP contribution is -2.25. The summed E-state index contributed by atoms with van der Waals surface area (Å²) >= 11 is 0. The van der Waals surface area contributed by atoms with E-state index in [0.717, 1.165) is 25.3 Å². The molecule has 1 aromatic rings. The number of hydrogen-bond acceptors (Lipinski definition) is 3. The first kappa shape index (κ1) is 10.2. The number of ether oxygens (including phenoxy) is 2. The number of halogens is 1. The van der Waals surface area contributed by atoms with E-state index >= 15 is 0 Å². The average Bonchev–Trinajstić information content (AvgIpc) is 2.24. The first-order valence-electron chi connectivity index (χ1n) is 5.02. The van der Waals surface area contributed by atoms with Crippen LogP contribution in [0.25, 0.3) is 0 Å². The number of phenolic OH excluding ortho intramolecular Hbond substituents is 1. The zero-order valence-electron chi connectivity index (χ0n) is 8.28. The Labute approximate surface area is 87.4 Å². The largest absolute Gasteiger partial charge is 0.508 e. The third-order valence-electron chi connectivity index (χ3n) is 2.31. The number of phenols is 1. The number of aromatic hydroxyl groups is 1. The third-order valence-corrected chi connectivity index (χ3v) is 2.31. The first-order valence-corrected chi connectivity index (χ1v) is 5.02. The van der Waals surface area contributed by atoms with E-state index in [1.165, 1.54) is 12.1 Å². The van der Waals surface area contributed by atoms with Gasteiger partial charge in [-0.25, -0.2) is 4.39 Å². The van der Waals surface area contributed by atoms with Crippen LogP contribution in [0, 0.1) is 5.82 Å². The van der Waals surface area contributed by atoms with Crippen LogP contribution in [-0.2, 0) is 4.74 Å². The second-order valence-electron chi connectivity index (χ2n) is 3.53. The second-order valence-corrected chi connectivity index (χ2v) is 3.53. The minimum atomic E-state index is -0.566. The lowest BCUT2D eigenvalue weighted by atomic mass is 10.2. The Bertz CT molecular complexity index is 335. The van der Waals surface area contributed by atoms with Crippen molar-refractivity contribution in [3.63, 3.8) is 0 Å². The molecule has 1 aliphatic rings. The number of rotatable bonds is 2. The number of hydrogen-bond donors (Lipinski definition) is 1. The van der Waals surface area contributed by atoms with Crippen molar-refractivity contribution in [3.05, 3.63) is 24.0 Å². The summed E-state index contributed by atoms with van der Waals surface area (Å²) in [5.41, 5.74) is 0. The van der Waals surface area contributed by atoms with Crippen LogP contribution in [0.3, 0.4) is 0 Å². The standard InChI is InChI=1S/C11H13FO3/c12-9-7-8(13)4-5-10(9)15-11-3-1-2-6-14-11/h4-5,7,11,13H,1-3,6H2. The van der Waals surface area contributed by atoms with E-state index in [0.29, 0.717) is 6.61 Å². The van der Waals surface area contributed by atoms with Gasteiger partial charge in [-0.2, -0.15) is 0 Å². The van der Waals surface area contributed by atoms with Crippen LogP contribution >= 0.6 is 0 Å². The Hall–Kier alpha value is -1.29. The lowest BCUT2D eigenvalue weighted by molar-refractivity contribution is -0.107. The summed E-state index contributed by atoms with van der Waals surface area (Å²) in [6.07, 6.45) is 2.47. The molecule has 1 heterocycles. The second kappa shape index (κ2) is 4.49. The topological polar surface area (TPSA) is 38.7 Å². The van der Waals surface area contributed by atoms with Crippen LogP contribution in [0.4, 0.5) is 4.39 Å². The molecule has 1 saturated heterocycles. The number of benzene rings is 1. The molecule has 1 aliphatic heterocycles. The molecule has 1 atom stereocenters. The zero-order valence-corrected chi connectivity index (χ0v) is 8.28. The van der Waals surface area contributed by atoms with Crippen molar-refractivity contribution in [1.82, 2.24) is 0 Å².